The molecule has 2 aromatic rings. The van der Waals surface area contributed by atoms with E-state index in [4.69, 9.17) is 0 Å². The minimum atomic E-state index is -0.442. The Kier molecular flexibility index (Phi) is 4.72. The van der Waals surface area contributed by atoms with E-state index in [1.54, 1.807) is 12.1 Å². The summed E-state index contributed by atoms with van der Waals surface area (Å²) >= 11 is 6.49. The van der Waals surface area contributed by atoms with Crippen LogP contribution >= 0.6 is 31.9 Å². The molecule has 20 heavy (non-hydrogen) atoms. The van der Waals surface area contributed by atoms with Crippen molar-refractivity contribution in [2.24, 2.45) is 0 Å². The van der Waals surface area contributed by atoms with Crippen LogP contribution in [-0.4, -0.2) is 4.92 Å². The van der Waals surface area contributed by atoms with E-state index < -0.39 is 4.92 Å². The van der Waals surface area contributed by atoms with Gasteiger partial charge in [0.05, 0.1) is 4.92 Å². The number of nitro groups is 1. The van der Waals surface area contributed by atoms with Crippen LogP contribution in [0, 0.1) is 15.9 Å². The largest absolute Gasteiger partial charge is 0.380 e. The van der Waals surface area contributed by atoms with Gasteiger partial charge in [-0.25, -0.2) is 4.39 Å². The van der Waals surface area contributed by atoms with Crippen molar-refractivity contribution >= 4 is 43.2 Å². The Morgan fingerprint density at radius 3 is 2.60 bits per heavy atom. The zero-order valence-electron chi connectivity index (χ0n) is 10.1. The highest BCUT2D eigenvalue weighted by atomic mass is 79.9. The molecule has 0 amide bonds. The lowest BCUT2D eigenvalue weighted by atomic mass is 10.2. The molecule has 0 atom stereocenters. The van der Waals surface area contributed by atoms with Crippen LogP contribution in [0.15, 0.2) is 45.3 Å². The van der Waals surface area contributed by atoms with E-state index >= 15 is 0 Å². The van der Waals surface area contributed by atoms with Gasteiger partial charge in [-0.2, -0.15) is 0 Å². The molecule has 0 aliphatic heterocycles. The lowest BCUT2D eigenvalue weighted by molar-refractivity contribution is -0.385. The van der Waals surface area contributed by atoms with Crippen LogP contribution < -0.4 is 5.32 Å². The Balaban J connectivity index is 2.16. The summed E-state index contributed by atoms with van der Waals surface area (Å²) < 4.78 is 14.2. The average Bonchev–Trinajstić information content (AvgIpc) is 2.37. The maximum absolute atomic E-state index is 13.0. The molecule has 104 valence electrons. The monoisotopic (exact) mass is 402 g/mol. The predicted octanol–water partition coefficient (Wildman–Crippen LogP) is 4.87. The number of rotatable bonds is 4. The minimum Gasteiger partial charge on any atom is -0.380 e. The van der Waals surface area contributed by atoms with Crippen molar-refractivity contribution in [1.82, 2.24) is 0 Å². The first-order valence-electron chi connectivity index (χ1n) is 5.58. The molecule has 0 aliphatic carbocycles. The van der Waals surface area contributed by atoms with Crippen LogP contribution in [0.25, 0.3) is 0 Å². The van der Waals surface area contributed by atoms with Crippen molar-refractivity contribution in [2.45, 2.75) is 6.54 Å². The number of nitrogens with zero attached hydrogens (tertiary/aromatic N) is 1. The fraction of sp³-hybridized carbons (Fsp3) is 0.0769. The van der Waals surface area contributed by atoms with Crippen LogP contribution in [0.4, 0.5) is 15.8 Å². The normalized spacial score (nSPS) is 10.3. The quantitative estimate of drug-likeness (QED) is 0.585. The first-order chi connectivity index (χ1) is 9.45. The molecule has 0 aliphatic rings. The molecule has 7 heteroatoms. The minimum absolute atomic E-state index is 0.0225. The van der Waals surface area contributed by atoms with Crippen molar-refractivity contribution in [1.29, 1.82) is 0 Å². The number of nitrogens with one attached hydrogen (secondary N) is 1. The number of hydrogen-bond donors (Lipinski definition) is 1. The molecule has 0 saturated heterocycles. The van der Waals surface area contributed by atoms with Gasteiger partial charge in [-0.3, -0.25) is 10.1 Å². The lowest BCUT2D eigenvalue weighted by Crippen LogP contribution is -2.01. The highest BCUT2D eigenvalue weighted by molar-refractivity contribution is 9.10. The summed E-state index contributed by atoms with van der Waals surface area (Å²) in [6.45, 7) is 0.393. The Labute approximate surface area is 131 Å². The molecule has 0 bridgehead atoms. The van der Waals surface area contributed by atoms with E-state index in [0.29, 0.717) is 21.2 Å². The standard InChI is InChI=1S/C13H9Br2FN2O2/c14-9-3-8(4-11(5-9)18(19)20)7-17-13-2-1-10(16)6-12(13)15/h1-6,17H,7H2. The molecule has 2 rings (SSSR count). The Morgan fingerprint density at radius 1 is 1.20 bits per heavy atom. The maximum atomic E-state index is 13.0. The topological polar surface area (TPSA) is 55.2 Å². The Hall–Kier alpha value is -1.47. The molecule has 0 fully saturated rings. The van der Waals surface area contributed by atoms with Crippen LogP contribution in [0.3, 0.4) is 0 Å². The van der Waals surface area contributed by atoms with Gasteiger partial charge in [-0.05, 0) is 45.8 Å². The fourth-order valence-electron chi connectivity index (χ4n) is 1.67. The average molecular weight is 404 g/mol. The molecule has 0 heterocycles. The molecule has 0 unspecified atom stereocenters. The second kappa shape index (κ2) is 6.32. The van der Waals surface area contributed by atoms with Crippen molar-refractivity contribution in [2.75, 3.05) is 5.32 Å². The molecule has 0 spiro atoms. The number of nitro benzene ring substituents is 1. The summed E-state index contributed by atoms with van der Waals surface area (Å²) in [5.41, 5.74) is 1.49. The lowest BCUT2D eigenvalue weighted by Gasteiger charge is -2.09. The van der Waals surface area contributed by atoms with Crippen molar-refractivity contribution < 1.29 is 9.31 Å². The van der Waals surface area contributed by atoms with E-state index in [1.165, 1.54) is 24.3 Å². The van der Waals surface area contributed by atoms with Gasteiger partial charge >= 0.3 is 0 Å². The molecule has 4 nitrogen and oxygen atoms in total. The first-order valence-corrected chi connectivity index (χ1v) is 7.17. The highest BCUT2D eigenvalue weighted by Gasteiger charge is 2.09. The van der Waals surface area contributed by atoms with E-state index in [0.717, 1.165) is 5.56 Å². The SMILES string of the molecule is O=[N+]([O-])c1cc(Br)cc(CNc2ccc(F)cc2Br)c1. The predicted molar refractivity (Wildman–Crippen MR) is 82.2 cm³/mol. The van der Waals surface area contributed by atoms with Gasteiger partial charge in [0, 0.05) is 33.3 Å². The highest BCUT2D eigenvalue weighted by Crippen LogP contribution is 2.25. The van der Waals surface area contributed by atoms with Gasteiger partial charge in [-0.15, -0.1) is 0 Å². The summed E-state index contributed by atoms with van der Waals surface area (Å²) in [7, 11) is 0. The third kappa shape index (κ3) is 3.77. The zero-order chi connectivity index (χ0) is 14.7. The van der Waals surface area contributed by atoms with Gasteiger partial charge in [0.2, 0.25) is 0 Å². The molecule has 0 saturated carbocycles. The number of anilines is 1. The molecular formula is C13H9Br2FN2O2. The number of halogens is 3. The van der Waals surface area contributed by atoms with Crippen LogP contribution in [0.1, 0.15) is 5.56 Å². The van der Waals surface area contributed by atoms with E-state index in [1.807, 2.05) is 0 Å². The second-order valence-electron chi connectivity index (χ2n) is 4.05. The van der Waals surface area contributed by atoms with Gasteiger partial charge in [-0.1, -0.05) is 15.9 Å². The molecule has 2 aromatic carbocycles. The third-order valence-electron chi connectivity index (χ3n) is 2.57. The van der Waals surface area contributed by atoms with Crippen LogP contribution in [0.5, 0.6) is 0 Å². The van der Waals surface area contributed by atoms with Crippen LogP contribution in [0.2, 0.25) is 0 Å². The molecule has 0 radical (unpaired) electrons. The second-order valence-corrected chi connectivity index (χ2v) is 5.82. The molecule has 0 aromatic heterocycles. The summed E-state index contributed by atoms with van der Waals surface area (Å²) in [6, 6.07) is 9.03. The Morgan fingerprint density at radius 2 is 1.95 bits per heavy atom. The molecular weight excluding hydrogens is 395 g/mol. The van der Waals surface area contributed by atoms with E-state index in [9.17, 15) is 14.5 Å². The van der Waals surface area contributed by atoms with E-state index in [-0.39, 0.29) is 11.5 Å². The van der Waals surface area contributed by atoms with E-state index in [2.05, 4.69) is 37.2 Å². The summed E-state index contributed by atoms with van der Waals surface area (Å²) in [6.07, 6.45) is 0. The number of benzene rings is 2. The van der Waals surface area contributed by atoms with Crippen molar-refractivity contribution in [3.63, 3.8) is 0 Å². The van der Waals surface area contributed by atoms with Crippen molar-refractivity contribution in [3.8, 4) is 0 Å². The van der Waals surface area contributed by atoms with Gasteiger partial charge < -0.3 is 5.32 Å². The van der Waals surface area contributed by atoms with Gasteiger partial charge in [0.25, 0.3) is 5.69 Å². The zero-order valence-corrected chi connectivity index (χ0v) is 13.2. The third-order valence-corrected chi connectivity index (χ3v) is 3.68. The van der Waals surface area contributed by atoms with Crippen LogP contribution in [-0.2, 0) is 6.54 Å². The maximum Gasteiger partial charge on any atom is 0.270 e. The Bertz CT molecular complexity index is 665. The fourth-order valence-corrected chi connectivity index (χ4v) is 2.69. The van der Waals surface area contributed by atoms with Crippen molar-refractivity contribution in [3.05, 3.63) is 66.8 Å². The van der Waals surface area contributed by atoms with Gasteiger partial charge in [0.15, 0.2) is 0 Å². The van der Waals surface area contributed by atoms with Gasteiger partial charge in [0.1, 0.15) is 5.82 Å². The number of non-ortho nitro benzene ring substituents is 1. The summed E-state index contributed by atoms with van der Waals surface area (Å²) in [4.78, 5) is 10.3. The summed E-state index contributed by atoms with van der Waals surface area (Å²) in [5, 5.41) is 13.9. The summed E-state index contributed by atoms with van der Waals surface area (Å²) in [5.74, 6) is -0.333. The number of hydrogen-bond acceptors (Lipinski definition) is 3. The first kappa shape index (κ1) is 14.9. The smallest absolute Gasteiger partial charge is 0.270 e. The molecule has 1 N–H and O–H groups in total.